The number of benzene rings is 1. The summed E-state index contributed by atoms with van der Waals surface area (Å²) in [6, 6.07) is 9.63. The van der Waals surface area contributed by atoms with Crippen LogP contribution in [-0.2, 0) is 9.59 Å². The topological polar surface area (TPSA) is 49.4 Å². The van der Waals surface area contributed by atoms with E-state index in [4.69, 9.17) is 0 Å². The first kappa shape index (κ1) is 10.8. The zero-order valence-electron chi connectivity index (χ0n) is 9.09. The smallest absolute Gasteiger partial charge is 0.231 e. The molecule has 0 radical (unpaired) electrons. The van der Waals surface area contributed by atoms with Crippen LogP contribution in [0.4, 0.5) is 0 Å². The monoisotopic (exact) mass is 218 g/mol. The fraction of sp³-hybridized carbons (Fsp3) is 0.333. The SMILES string of the molecule is CC(=O)NN1CC(c2ccccc2)C1C=O. The van der Waals surface area contributed by atoms with Crippen molar-refractivity contribution >= 4 is 12.2 Å². The van der Waals surface area contributed by atoms with E-state index >= 15 is 0 Å². The van der Waals surface area contributed by atoms with Crippen LogP contribution < -0.4 is 5.43 Å². The Bertz CT molecular complexity index is 391. The molecule has 4 heteroatoms. The Hall–Kier alpha value is -1.68. The van der Waals surface area contributed by atoms with Gasteiger partial charge in [-0.3, -0.25) is 10.2 Å². The van der Waals surface area contributed by atoms with Gasteiger partial charge in [0.2, 0.25) is 5.91 Å². The largest absolute Gasteiger partial charge is 0.302 e. The molecule has 1 heterocycles. The molecule has 2 atom stereocenters. The third kappa shape index (κ3) is 1.97. The number of rotatable bonds is 3. The van der Waals surface area contributed by atoms with Gasteiger partial charge in [0.1, 0.15) is 6.29 Å². The van der Waals surface area contributed by atoms with Crippen molar-refractivity contribution < 1.29 is 9.59 Å². The Kier molecular flexibility index (Phi) is 3.01. The number of hydrazine groups is 1. The highest BCUT2D eigenvalue weighted by atomic mass is 16.2. The highest BCUT2D eigenvalue weighted by Crippen LogP contribution is 2.31. The van der Waals surface area contributed by atoms with Gasteiger partial charge >= 0.3 is 0 Å². The lowest BCUT2D eigenvalue weighted by molar-refractivity contribution is -0.133. The number of amides is 1. The number of carbonyl (C=O) groups is 2. The zero-order valence-corrected chi connectivity index (χ0v) is 9.09. The van der Waals surface area contributed by atoms with Gasteiger partial charge in [0.05, 0.1) is 6.04 Å². The summed E-state index contributed by atoms with van der Waals surface area (Å²) in [6.07, 6.45) is 0.886. The average molecular weight is 218 g/mol. The van der Waals surface area contributed by atoms with E-state index in [2.05, 4.69) is 5.43 Å². The molecule has 1 N–H and O–H groups in total. The van der Waals surface area contributed by atoms with E-state index in [-0.39, 0.29) is 17.9 Å². The second-order valence-electron chi connectivity index (χ2n) is 3.96. The van der Waals surface area contributed by atoms with Crippen LogP contribution >= 0.6 is 0 Å². The molecule has 16 heavy (non-hydrogen) atoms. The van der Waals surface area contributed by atoms with Crippen molar-refractivity contribution in [1.29, 1.82) is 0 Å². The molecular weight excluding hydrogens is 204 g/mol. The van der Waals surface area contributed by atoms with E-state index in [1.807, 2.05) is 30.3 Å². The maximum absolute atomic E-state index is 11.0. The van der Waals surface area contributed by atoms with Crippen molar-refractivity contribution in [3.05, 3.63) is 35.9 Å². The number of hydrogen-bond donors (Lipinski definition) is 1. The van der Waals surface area contributed by atoms with Crippen molar-refractivity contribution in [2.75, 3.05) is 6.54 Å². The van der Waals surface area contributed by atoms with Gasteiger partial charge in [-0.25, -0.2) is 5.01 Å². The van der Waals surface area contributed by atoms with Gasteiger partial charge in [-0.15, -0.1) is 0 Å². The minimum absolute atomic E-state index is 0.140. The highest BCUT2D eigenvalue weighted by molar-refractivity contribution is 5.73. The van der Waals surface area contributed by atoms with Gasteiger partial charge in [-0.2, -0.15) is 0 Å². The molecule has 1 saturated heterocycles. The lowest BCUT2D eigenvalue weighted by Gasteiger charge is -2.44. The van der Waals surface area contributed by atoms with Crippen LogP contribution in [0.25, 0.3) is 0 Å². The molecule has 1 aromatic rings. The van der Waals surface area contributed by atoms with E-state index in [0.29, 0.717) is 6.54 Å². The quantitative estimate of drug-likeness (QED) is 0.760. The predicted octanol–water partition coefficient (Wildman–Crippen LogP) is 0.704. The lowest BCUT2D eigenvalue weighted by atomic mass is 9.85. The second-order valence-corrected chi connectivity index (χ2v) is 3.96. The molecule has 1 aliphatic rings. The first-order chi connectivity index (χ1) is 7.72. The molecule has 0 aromatic heterocycles. The van der Waals surface area contributed by atoms with Crippen molar-refractivity contribution in [2.45, 2.75) is 18.9 Å². The zero-order chi connectivity index (χ0) is 11.5. The Labute approximate surface area is 94.2 Å². The molecular formula is C12H14N2O2. The van der Waals surface area contributed by atoms with Gasteiger partial charge in [-0.1, -0.05) is 30.3 Å². The van der Waals surface area contributed by atoms with Gasteiger partial charge < -0.3 is 4.79 Å². The average Bonchev–Trinajstić information content (AvgIpc) is 2.25. The fourth-order valence-electron chi connectivity index (χ4n) is 2.01. The Morgan fingerprint density at radius 3 is 2.69 bits per heavy atom. The minimum Gasteiger partial charge on any atom is -0.302 e. The summed E-state index contributed by atoms with van der Waals surface area (Å²) in [5, 5.41) is 1.67. The first-order valence-electron chi connectivity index (χ1n) is 5.26. The van der Waals surface area contributed by atoms with E-state index in [1.165, 1.54) is 6.92 Å². The molecule has 84 valence electrons. The molecule has 4 nitrogen and oxygen atoms in total. The van der Waals surface area contributed by atoms with Crippen LogP contribution in [0.3, 0.4) is 0 Å². The summed E-state index contributed by atoms with van der Waals surface area (Å²) >= 11 is 0. The third-order valence-electron chi connectivity index (χ3n) is 2.83. The van der Waals surface area contributed by atoms with Crippen LogP contribution in [0.2, 0.25) is 0 Å². The van der Waals surface area contributed by atoms with Crippen LogP contribution in [0.5, 0.6) is 0 Å². The Morgan fingerprint density at radius 2 is 2.12 bits per heavy atom. The summed E-state index contributed by atoms with van der Waals surface area (Å²) < 4.78 is 0. The predicted molar refractivity (Wildman–Crippen MR) is 59.6 cm³/mol. The highest BCUT2D eigenvalue weighted by Gasteiger charge is 2.40. The molecule has 1 amide bonds. The van der Waals surface area contributed by atoms with E-state index < -0.39 is 0 Å². The van der Waals surface area contributed by atoms with Crippen LogP contribution in [-0.4, -0.2) is 29.8 Å². The standard InChI is InChI=1S/C12H14N2O2/c1-9(16)13-14-7-11(12(14)8-15)10-5-3-2-4-6-10/h2-6,8,11-12H,7H2,1H3,(H,13,16). The maximum atomic E-state index is 11.0. The molecule has 1 aliphatic heterocycles. The van der Waals surface area contributed by atoms with Gasteiger partial charge in [0.25, 0.3) is 0 Å². The normalized spacial score (nSPS) is 24.6. The van der Waals surface area contributed by atoms with Crippen molar-refractivity contribution in [3.8, 4) is 0 Å². The molecule has 0 bridgehead atoms. The number of aldehydes is 1. The second kappa shape index (κ2) is 4.45. The Morgan fingerprint density at radius 1 is 1.44 bits per heavy atom. The molecule has 0 saturated carbocycles. The number of nitrogens with one attached hydrogen (secondary N) is 1. The van der Waals surface area contributed by atoms with Gasteiger partial charge in [-0.05, 0) is 5.56 Å². The van der Waals surface area contributed by atoms with Crippen molar-refractivity contribution in [1.82, 2.24) is 10.4 Å². The van der Waals surface area contributed by atoms with Crippen molar-refractivity contribution in [3.63, 3.8) is 0 Å². The lowest BCUT2D eigenvalue weighted by Crippen LogP contribution is -2.62. The summed E-state index contributed by atoms with van der Waals surface area (Å²) in [4.78, 5) is 21.9. The molecule has 0 aliphatic carbocycles. The third-order valence-corrected chi connectivity index (χ3v) is 2.83. The van der Waals surface area contributed by atoms with Gasteiger partial charge in [0, 0.05) is 19.4 Å². The van der Waals surface area contributed by atoms with Crippen LogP contribution in [0.1, 0.15) is 18.4 Å². The molecule has 1 aromatic carbocycles. The van der Waals surface area contributed by atoms with Crippen LogP contribution in [0, 0.1) is 0 Å². The summed E-state index contributed by atoms with van der Waals surface area (Å²) in [6.45, 7) is 2.13. The van der Waals surface area contributed by atoms with E-state index in [1.54, 1.807) is 5.01 Å². The number of carbonyl (C=O) groups excluding carboxylic acids is 2. The van der Waals surface area contributed by atoms with E-state index in [0.717, 1.165) is 11.8 Å². The first-order valence-corrected chi connectivity index (χ1v) is 5.26. The van der Waals surface area contributed by atoms with E-state index in [9.17, 15) is 9.59 Å². The molecule has 2 rings (SSSR count). The number of hydrogen-bond acceptors (Lipinski definition) is 3. The fourth-order valence-corrected chi connectivity index (χ4v) is 2.01. The summed E-state index contributed by atoms with van der Waals surface area (Å²) in [5.74, 6) is 0.0453. The minimum atomic E-state index is -0.244. The van der Waals surface area contributed by atoms with Gasteiger partial charge in [0.15, 0.2) is 0 Å². The molecule has 2 unspecified atom stereocenters. The van der Waals surface area contributed by atoms with Crippen LogP contribution in [0.15, 0.2) is 30.3 Å². The molecule has 0 spiro atoms. The Balaban J connectivity index is 2.05. The van der Waals surface area contributed by atoms with Crippen molar-refractivity contribution in [2.24, 2.45) is 0 Å². The maximum Gasteiger partial charge on any atom is 0.231 e. The molecule has 1 fully saturated rings. The summed E-state index contributed by atoms with van der Waals surface area (Å²) in [5.41, 5.74) is 3.78. The summed E-state index contributed by atoms with van der Waals surface area (Å²) in [7, 11) is 0. The number of nitrogens with zero attached hydrogens (tertiary/aromatic N) is 1.